The van der Waals surface area contributed by atoms with Crippen LogP contribution in [0.15, 0.2) is 24.3 Å². The minimum Gasteiger partial charge on any atom is -0.479 e. The summed E-state index contributed by atoms with van der Waals surface area (Å²) in [5.41, 5.74) is -0.373. The van der Waals surface area contributed by atoms with Crippen LogP contribution in [0.2, 0.25) is 0 Å². The summed E-state index contributed by atoms with van der Waals surface area (Å²) in [6, 6.07) is 6.73. The predicted molar refractivity (Wildman–Crippen MR) is 101 cm³/mol. The highest BCUT2D eigenvalue weighted by molar-refractivity contribution is 5.73. The summed E-state index contributed by atoms with van der Waals surface area (Å²) in [7, 11) is 1.84. The van der Waals surface area contributed by atoms with Gasteiger partial charge in [0, 0.05) is 12.5 Å². The summed E-state index contributed by atoms with van der Waals surface area (Å²) in [4.78, 5) is 11.2. The van der Waals surface area contributed by atoms with Gasteiger partial charge in [0.1, 0.15) is 24.1 Å². The van der Waals surface area contributed by atoms with Crippen LogP contribution in [0.1, 0.15) is 31.2 Å². The van der Waals surface area contributed by atoms with Crippen LogP contribution in [0.3, 0.4) is 0 Å². The number of carboxylic acids is 1. The van der Waals surface area contributed by atoms with E-state index in [-0.39, 0.29) is 11.7 Å². The molecule has 2 aliphatic rings. The SMILES string of the molecule is CNCC1CCCCC1(O)c1cccc(O[C@@H]2O[C@H](C(=O)O)[C@@H](O)[C@H](O)[C@H]2O)c1. The highest BCUT2D eigenvalue weighted by Crippen LogP contribution is 2.42. The van der Waals surface area contributed by atoms with E-state index in [4.69, 9.17) is 14.6 Å². The first-order chi connectivity index (χ1) is 13.8. The molecule has 2 unspecified atom stereocenters. The lowest BCUT2D eigenvalue weighted by molar-refractivity contribution is -0.271. The average molecular weight is 411 g/mol. The molecule has 1 saturated heterocycles. The maximum absolute atomic E-state index is 11.4. The number of ether oxygens (including phenoxy) is 2. The van der Waals surface area contributed by atoms with E-state index in [2.05, 4.69) is 5.32 Å². The number of aliphatic hydroxyl groups excluding tert-OH is 3. The van der Waals surface area contributed by atoms with E-state index in [1.807, 2.05) is 7.05 Å². The predicted octanol–water partition coefficient (Wildman–Crippen LogP) is -0.445. The minimum absolute atomic E-state index is 0.0291. The summed E-state index contributed by atoms with van der Waals surface area (Å²) >= 11 is 0. The molecule has 2 fully saturated rings. The van der Waals surface area contributed by atoms with Crippen molar-refractivity contribution < 1.29 is 39.8 Å². The molecular formula is C20H29NO8. The molecule has 3 rings (SSSR count). The number of hydrogen-bond acceptors (Lipinski definition) is 8. The molecule has 162 valence electrons. The van der Waals surface area contributed by atoms with Gasteiger partial charge in [0.2, 0.25) is 6.29 Å². The van der Waals surface area contributed by atoms with E-state index in [9.17, 15) is 25.2 Å². The Hall–Kier alpha value is -1.75. The molecule has 1 aromatic rings. The molecule has 0 amide bonds. The average Bonchev–Trinajstić information content (AvgIpc) is 2.70. The molecule has 1 saturated carbocycles. The molecule has 0 bridgehead atoms. The highest BCUT2D eigenvalue weighted by Gasteiger charge is 2.48. The van der Waals surface area contributed by atoms with Gasteiger partial charge in [-0.05, 0) is 37.6 Å². The van der Waals surface area contributed by atoms with Crippen molar-refractivity contribution in [3.8, 4) is 5.75 Å². The number of hydrogen-bond donors (Lipinski definition) is 6. The molecule has 7 atom stereocenters. The third kappa shape index (κ3) is 4.40. The maximum Gasteiger partial charge on any atom is 0.335 e. The number of carboxylic acid groups (broad SMARTS) is 1. The Labute approximate surface area is 168 Å². The number of rotatable bonds is 6. The van der Waals surface area contributed by atoms with E-state index in [0.717, 1.165) is 19.3 Å². The van der Waals surface area contributed by atoms with Gasteiger partial charge in [-0.1, -0.05) is 25.0 Å². The number of benzene rings is 1. The Bertz CT molecular complexity index is 713. The van der Waals surface area contributed by atoms with Gasteiger partial charge in [0.05, 0.1) is 5.60 Å². The van der Waals surface area contributed by atoms with Crippen molar-refractivity contribution in [3.63, 3.8) is 0 Å². The van der Waals surface area contributed by atoms with E-state index in [0.29, 0.717) is 18.5 Å². The molecule has 0 aromatic heterocycles. The Morgan fingerprint density at radius 1 is 1.24 bits per heavy atom. The Morgan fingerprint density at radius 2 is 2.00 bits per heavy atom. The fourth-order valence-corrected chi connectivity index (χ4v) is 4.25. The van der Waals surface area contributed by atoms with Crippen LogP contribution in [0.5, 0.6) is 5.75 Å². The second-order valence-electron chi connectivity index (χ2n) is 7.81. The topological polar surface area (TPSA) is 149 Å². The largest absolute Gasteiger partial charge is 0.479 e. The molecule has 6 N–H and O–H groups in total. The number of aliphatic hydroxyl groups is 4. The van der Waals surface area contributed by atoms with Crippen molar-refractivity contribution in [1.82, 2.24) is 5.32 Å². The summed E-state index contributed by atoms with van der Waals surface area (Å²) in [5.74, 6) is -1.19. The first-order valence-corrected chi connectivity index (χ1v) is 9.84. The van der Waals surface area contributed by atoms with Gasteiger partial charge in [-0.2, -0.15) is 0 Å². The second kappa shape index (κ2) is 8.95. The maximum atomic E-state index is 11.4. The van der Waals surface area contributed by atoms with E-state index >= 15 is 0 Å². The molecule has 1 aliphatic heterocycles. The minimum atomic E-state index is -1.78. The van der Waals surface area contributed by atoms with Crippen LogP contribution in [0.25, 0.3) is 0 Å². The lowest BCUT2D eigenvalue weighted by atomic mass is 9.71. The summed E-state index contributed by atoms with van der Waals surface area (Å²) in [5, 5.41) is 53.5. The first kappa shape index (κ1) is 21.9. The zero-order chi connectivity index (χ0) is 21.2. The monoisotopic (exact) mass is 411 g/mol. The molecular weight excluding hydrogens is 382 g/mol. The zero-order valence-electron chi connectivity index (χ0n) is 16.3. The van der Waals surface area contributed by atoms with Crippen LogP contribution in [-0.4, -0.2) is 75.8 Å². The summed E-state index contributed by atoms with van der Waals surface area (Å²) < 4.78 is 10.8. The van der Waals surface area contributed by atoms with Crippen molar-refractivity contribution in [2.24, 2.45) is 5.92 Å². The Kier molecular flexibility index (Phi) is 6.77. The molecule has 29 heavy (non-hydrogen) atoms. The number of carbonyl (C=O) groups is 1. The fraction of sp³-hybridized carbons (Fsp3) is 0.650. The van der Waals surface area contributed by atoms with Crippen LogP contribution in [0, 0.1) is 5.92 Å². The van der Waals surface area contributed by atoms with Gasteiger partial charge in [0.15, 0.2) is 6.10 Å². The lowest BCUT2D eigenvalue weighted by Crippen LogP contribution is -2.61. The Balaban J connectivity index is 1.81. The van der Waals surface area contributed by atoms with Crippen molar-refractivity contribution in [2.45, 2.75) is 62.0 Å². The van der Waals surface area contributed by atoms with Gasteiger partial charge in [0.25, 0.3) is 0 Å². The van der Waals surface area contributed by atoms with Gasteiger partial charge in [-0.25, -0.2) is 4.79 Å². The summed E-state index contributed by atoms with van der Waals surface area (Å²) in [6.45, 7) is 0.663. The van der Waals surface area contributed by atoms with Crippen molar-refractivity contribution >= 4 is 5.97 Å². The van der Waals surface area contributed by atoms with E-state index in [1.165, 1.54) is 0 Å². The highest BCUT2D eigenvalue weighted by atomic mass is 16.7. The van der Waals surface area contributed by atoms with Gasteiger partial charge in [-0.15, -0.1) is 0 Å². The third-order valence-electron chi connectivity index (χ3n) is 5.89. The van der Waals surface area contributed by atoms with Crippen LogP contribution in [-0.2, 0) is 15.1 Å². The van der Waals surface area contributed by atoms with Gasteiger partial charge in [-0.3, -0.25) is 0 Å². The first-order valence-electron chi connectivity index (χ1n) is 9.84. The molecule has 9 heteroatoms. The third-order valence-corrected chi connectivity index (χ3v) is 5.89. The molecule has 0 spiro atoms. The molecule has 9 nitrogen and oxygen atoms in total. The van der Waals surface area contributed by atoms with Crippen LogP contribution in [0.4, 0.5) is 0 Å². The van der Waals surface area contributed by atoms with Gasteiger partial charge < -0.3 is 40.3 Å². The molecule has 0 radical (unpaired) electrons. The van der Waals surface area contributed by atoms with Gasteiger partial charge >= 0.3 is 5.97 Å². The number of nitrogens with one attached hydrogen (secondary N) is 1. The van der Waals surface area contributed by atoms with Crippen LogP contribution >= 0.6 is 0 Å². The van der Waals surface area contributed by atoms with Crippen molar-refractivity contribution in [2.75, 3.05) is 13.6 Å². The van der Waals surface area contributed by atoms with Crippen molar-refractivity contribution in [1.29, 1.82) is 0 Å². The normalized spacial score (nSPS) is 37.8. The summed E-state index contributed by atoms with van der Waals surface area (Å²) in [6.07, 6.45) is -4.93. The standard InChI is InChI=1S/C20H29NO8/c1-21-10-12-5-2-3-8-20(12,27)11-6-4-7-13(9-11)28-19-16(24)14(22)15(23)17(29-19)18(25)26/h4,6-7,9,12,14-17,19,21-24,27H,2-3,5,8,10H2,1H3,(H,25,26)/t12?,14-,15-,16+,17-,19+,20?/m0/s1. The fourth-order valence-electron chi connectivity index (χ4n) is 4.25. The van der Waals surface area contributed by atoms with Crippen molar-refractivity contribution in [3.05, 3.63) is 29.8 Å². The zero-order valence-corrected chi connectivity index (χ0v) is 16.3. The van der Waals surface area contributed by atoms with Crippen LogP contribution < -0.4 is 10.1 Å². The number of aliphatic carboxylic acids is 1. The Morgan fingerprint density at radius 3 is 2.69 bits per heavy atom. The second-order valence-corrected chi connectivity index (χ2v) is 7.81. The molecule has 1 aliphatic carbocycles. The molecule has 1 heterocycles. The lowest BCUT2D eigenvalue weighted by Gasteiger charge is -2.41. The van der Waals surface area contributed by atoms with E-state index < -0.39 is 42.3 Å². The quantitative estimate of drug-likeness (QED) is 0.366. The van der Waals surface area contributed by atoms with E-state index in [1.54, 1.807) is 24.3 Å². The molecule has 1 aromatic carbocycles. The smallest absolute Gasteiger partial charge is 0.335 e.